The molecule has 1 fully saturated rings. The van der Waals surface area contributed by atoms with Crippen LogP contribution in [0.25, 0.3) is 0 Å². The predicted octanol–water partition coefficient (Wildman–Crippen LogP) is 0.692. The summed E-state index contributed by atoms with van der Waals surface area (Å²) in [6.45, 7) is 3.43. The standard InChI is InChI=1S/C22H26O12/c1-12(23)28-10-17-19(30-13(2)24)20(21(31-14(3)25)22(33-17)32-15(4)26)34-18(27)11-29-16-8-6-5-7-9-16/h5-9,17,19-22H,10-11H2,1-4H3/t17-,19+,20+,21+,22-/m1/s1. The topological polar surface area (TPSA) is 150 Å². The van der Waals surface area contributed by atoms with E-state index in [0.29, 0.717) is 5.75 Å². The van der Waals surface area contributed by atoms with Gasteiger partial charge in [-0.2, -0.15) is 0 Å². The minimum atomic E-state index is -1.55. The summed E-state index contributed by atoms with van der Waals surface area (Å²) >= 11 is 0. The van der Waals surface area contributed by atoms with Crippen LogP contribution in [0.1, 0.15) is 27.7 Å². The van der Waals surface area contributed by atoms with Crippen LogP contribution in [0.15, 0.2) is 30.3 Å². The maximum absolute atomic E-state index is 12.6. The maximum Gasteiger partial charge on any atom is 0.344 e. The van der Waals surface area contributed by atoms with E-state index >= 15 is 0 Å². The molecule has 0 spiro atoms. The van der Waals surface area contributed by atoms with Gasteiger partial charge in [0.1, 0.15) is 18.5 Å². The lowest BCUT2D eigenvalue weighted by atomic mass is 9.98. The lowest BCUT2D eigenvalue weighted by Gasteiger charge is -2.43. The Morgan fingerprint density at radius 3 is 1.88 bits per heavy atom. The fourth-order valence-electron chi connectivity index (χ4n) is 3.10. The Hall–Kier alpha value is -3.67. The summed E-state index contributed by atoms with van der Waals surface area (Å²) in [6, 6.07) is 8.42. The van der Waals surface area contributed by atoms with Gasteiger partial charge in [0, 0.05) is 27.7 Å². The highest BCUT2D eigenvalue weighted by atomic mass is 16.7. The van der Waals surface area contributed by atoms with Crippen LogP contribution in [-0.2, 0) is 52.4 Å². The van der Waals surface area contributed by atoms with Gasteiger partial charge in [0.25, 0.3) is 0 Å². The second-order valence-corrected chi connectivity index (χ2v) is 7.16. The van der Waals surface area contributed by atoms with Gasteiger partial charge in [0.05, 0.1) is 0 Å². The summed E-state index contributed by atoms with van der Waals surface area (Å²) < 4.78 is 37.0. The molecule has 1 aromatic rings. The van der Waals surface area contributed by atoms with Gasteiger partial charge in [-0.25, -0.2) is 4.79 Å². The van der Waals surface area contributed by atoms with Gasteiger partial charge in [-0.3, -0.25) is 19.2 Å². The molecular formula is C22H26O12. The molecule has 34 heavy (non-hydrogen) atoms. The summed E-state index contributed by atoms with van der Waals surface area (Å²) in [5.74, 6) is -3.57. The zero-order valence-corrected chi connectivity index (χ0v) is 19.1. The van der Waals surface area contributed by atoms with Crippen molar-refractivity contribution in [3.05, 3.63) is 30.3 Å². The largest absolute Gasteiger partial charge is 0.482 e. The highest BCUT2D eigenvalue weighted by molar-refractivity contribution is 5.72. The van der Waals surface area contributed by atoms with Crippen molar-refractivity contribution in [1.29, 1.82) is 0 Å². The first kappa shape index (κ1) is 26.6. The van der Waals surface area contributed by atoms with Gasteiger partial charge in [0.15, 0.2) is 18.8 Å². The fraction of sp³-hybridized carbons (Fsp3) is 0.500. The molecule has 5 atom stereocenters. The van der Waals surface area contributed by atoms with Gasteiger partial charge < -0.3 is 33.2 Å². The fourth-order valence-corrected chi connectivity index (χ4v) is 3.10. The van der Waals surface area contributed by atoms with E-state index in [0.717, 1.165) is 27.7 Å². The zero-order chi connectivity index (χ0) is 25.3. The van der Waals surface area contributed by atoms with Crippen molar-refractivity contribution in [3.63, 3.8) is 0 Å². The minimum absolute atomic E-state index is 0.394. The van der Waals surface area contributed by atoms with Gasteiger partial charge in [0.2, 0.25) is 12.4 Å². The van der Waals surface area contributed by atoms with Crippen LogP contribution in [-0.4, -0.2) is 73.8 Å². The second kappa shape index (κ2) is 12.5. The number of para-hydroxylation sites is 1. The van der Waals surface area contributed by atoms with Crippen LogP contribution in [0.2, 0.25) is 0 Å². The Morgan fingerprint density at radius 1 is 0.735 bits per heavy atom. The molecule has 12 heteroatoms. The van der Waals surface area contributed by atoms with E-state index in [1.807, 2.05) is 0 Å². The molecule has 2 rings (SSSR count). The van der Waals surface area contributed by atoms with Gasteiger partial charge >= 0.3 is 29.8 Å². The lowest BCUT2D eigenvalue weighted by molar-refractivity contribution is -0.300. The van der Waals surface area contributed by atoms with Crippen molar-refractivity contribution in [2.45, 2.75) is 58.4 Å². The highest BCUT2D eigenvalue weighted by Crippen LogP contribution is 2.30. The number of esters is 5. The van der Waals surface area contributed by atoms with Gasteiger partial charge in [-0.15, -0.1) is 0 Å². The Labute approximate surface area is 195 Å². The maximum atomic E-state index is 12.6. The Morgan fingerprint density at radius 2 is 1.32 bits per heavy atom. The molecule has 186 valence electrons. The van der Waals surface area contributed by atoms with Crippen LogP contribution in [0.4, 0.5) is 0 Å². The average molecular weight is 482 g/mol. The second-order valence-electron chi connectivity index (χ2n) is 7.16. The number of hydrogen-bond acceptors (Lipinski definition) is 12. The van der Waals surface area contributed by atoms with Crippen molar-refractivity contribution < 1.29 is 57.1 Å². The molecule has 0 amide bonds. The van der Waals surface area contributed by atoms with Crippen molar-refractivity contribution in [2.24, 2.45) is 0 Å². The first-order valence-corrected chi connectivity index (χ1v) is 10.2. The van der Waals surface area contributed by atoms with E-state index in [1.54, 1.807) is 30.3 Å². The van der Waals surface area contributed by atoms with Crippen LogP contribution in [0, 0.1) is 0 Å². The number of ether oxygens (including phenoxy) is 7. The number of rotatable bonds is 9. The number of benzene rings is 1. The molecule has 0 bridgehead atoms. The van der Waals surface area contributed by atoms with E-state index in [-0.39, 0.29) is 0 Å². The van der Waals surface area contributed by atoms with E-state index in [2.05, 4.69) is 0 Å². The third-order valence-electron chi connectivity index (χ3n) is 4.30. The molecule has 12 nitrogen and oxygen atoms in total. The molecule has 1 aliphatic heterocycles. The first-order chi connectivity index (χ1) is 16.1. The summed E-state index contributed by atoms with van der Waals surface area (Å²) in [6.07, 6.45) is -7.15. The highest BCUT2D eigenvalue weighted by Gasteiger charge is 2.53. The van der Waals surface area contributed by atoms with Crippen molar-refractivity contribution in [2.75, 3.05) is 13.2 Å². The summed E-state index contributed by atoms with van der Waals surface area (Å²) in [5, 5.41) is 0. The zero-order valence-electron chi connectivity index (χ0n) is 19.1. The lowest BCUT2D eigenvalue weighted by Crippen LogP contribution is -2.63. The average Bonchev–Trinajstić information content (AvgIpc) is 2.74. The molecule has 0 aliphatic carbocycles. The van der Waals surface area contributed by atoms with Crippen molar-refractivity contribution >= 4 is 29.8 Å². The quantitative estimate of drug-likeness (QED) is 0.360. The molecule has 0 N–H and O–H groups in total. The summed E-state index contributed by atoms with van der Waals surface area (Å²) in [5.41, 5.74) is 0. The molecular weight excluding hydrogens is 456 g/mol. The van der Waals surface area contributed by atoms with E-state index in [9.17, 15) is 24.0 Å². The molecule has 0 aromatic heterocycles. The smallest absolute Gasteiger partial charge is 0.344 e. The van der Waals surface area contributed by atoms with Crippen LogP contribution < -0.4 is 4.74 Å². The van der Waals surface area contributed by atoms with E-state index < -0.39 is 73.8 Å². The van der Waals surface area contributed by atoms with Crippen LogP contribution >= 0.6 is 0 Å². The minimum Gasteiger partial charge on any atom is -0.482 e. The first-order valence-electron chi connectivity index (χ1n) is 10.2. The van der Waals surface area contributed by atoms with Crippen LogP contribution in [0.3, 0.4) is 0 Å². The number of carbonyl (C=O) groups excluding carboxylic acids is 5. The molecule has 1 aromatic carbocycles. The van der Waals surface area contributed by atoms with Crippen LogP contribution in [0.5, 0.6) is 5.75 Å². The normalized spacial score (nSPS) is 23.7. The third-order valence-corrected chi connectivity index (χ3v) is 4.30. The summed E-state index contributed by atoms with van der Waals surface area (Å²) in [7, 11) is 0. The molecule has 1 saturated heterocycles. The molecule has 0 saturated carbocycles. The molecule has 1 heterocycles. The predicted molar refractivity (Wildman–Crippen MR) is 110 cm³/mol. The van der Waals surface area contributed by atoms with E-state index in [4.69, 9.17) is 33.2 Å². The number of hydrogen-bond donors (Lipinski definition) is 0. The monoisotopic (exact) mass is 482 g/mol. The Balaban J connectivity index is 2.33. The van der Waals surface area contributed by atoms with Gasteiger partial charge in [-0.1, -0.05) is 18.2 Å². The third kappa shape index (κ3) is 8.35. The Bertz CT molecular complexity index is 883. The summed E-state index contributed by atoms with van der Waals surface area (Å²) in [4.78, 5) is 59.1. The van der Waals surface area contributed by atoms with Crippen molar-refractivity contribution in [3.8, 4) is 5.75 Å². The van der Waals surface area contributed by atoms with E-state index in [1.165, 1.54) is 0 Å². The SMILES string of the molecule is CC(=O)OC[C@H]1O[C@@H](OC(C)=O)[C@@H](OC(C)=O)[C@@H](OC(=O)COc2ccccc2)[C@H]1OC(C)=O. The number of carbonyl (C=O) groups is 5. The van der Waals surface area contributed by atoms with Gasteiger partial charge in [-0.05, 0) is 12.1 Å². The van der Waals surface area contributed by atoms with Crippen molar-refractivity contribution in [1.82, 2.24) is 0 Å². The molecule has 0 unspecified atom stereocenters. The molecule has 1 aliphatic rings. The molecule has 0 radical (unpaired) electrons. The Kier molecular flexibility index (Phi) is 9.80.